The van der Waals surface area contributed by atoms with Gasteiger partial charge in [-0.15, -0.1) is 0 Å². The molecule has 2 aromatic rings. The Balaban J connectivity index is 1.52. The van der Waals surface area contributed by atoms with Crippen LogP contribution in [0.1, 0.15) is 24.0 Å². The lowest BCUT2D eigenvalue weighted by atomic mass is 9.95. The lowest BCUT2D eigenvalue weighted by molar-refractivity contribution is -0.125. The minimum atomic E-state index is 0.0503. The minimum absolute atomic E-state index is 0.0503. The molecule has 0 aliphatic carbocycles. The largest absolute Gasteiger partial charge is 0.504 e. The molecule has 0 atom stereocenters. The number of ether oxygens (including phenoxy) is 1. The van der Waals surface area contributed by atoms with Gasteiger partial charge in [-0.05, 0) is 49.1 Å². The number of carbonyl (C=O) groups excluding carboxylic acids is 1. The highest BCUT2D eigenvalue weighted by molar-refractivity contribution is 5.79. The van der Waals surface area contributed by atoms with E-state index in [-0.39, 0.29) is 17.6 Å². The lowest BCUT2D eigenvalue weighted by Crippen LogP contribution is -2.40. The van der Waals surface area contributed by atoms with E-state index in [0.29, 0.717) is 12.3 Å². The molecule has 0 saturated carbocycles. The van der Waals surface area contributed by atoms with Crippen LogP contribution in [0.25, 0.3) is 0 Å². The Morgan fingerprint density at radius 3 is 2.65 bits per heavy atom. The summed E-state index contributed by atoms with van der Waals surface area (Å²) >= 11 is 0. The number of nitrogens with zero attached hydrogens (tertiary/aromatic N) is 1. The third-order valence-corrected chi connectivity index (χ3v) is 5.03. The second kappa shape index (κ2) is 8.13. The smallest absolute Gasteiger partial charge is 0.223 e. The number of phenols is 1. The van der Waals surface area contributed by atoms with E-state index >= 15 is 0 Å². The van der Waals surface area contributed by atoms with Gasteiger partial charge in [0.15, 0.2) is 11.5 Å². The monoisotopic (exact) mass is 354 g/mol. The summed E-state index contributed by atoms with van der Waals surface area (Å²) < 4.78 is 5.10. The van der Waals surface area contributed by atoms with Crippen LogP contribution in [0.3, 0.4) is 0 Å². The summed E-state index contributed by atoms with van der Waals surface area (Å²) in [7, 11) is 1.51. The maximum Gasteiger partial charge on any atom is 0.223 e. The molecule has 1 aliphatic heterocycles. The summed E-state index contributed by atoms with van der Waals surface area (Å²) in [6.07, 6.45) is 1.72. The van der Waals surface area contributed by atoms with E-state index in [1.54, 1.807) is 18.2 Å². The number of aromatic hydroxyl groups is 1. The van der Waals surface area contributed by atoms with Crippen molar-refractivity contribution in [2.24, 2.45) is 5.92 Å². The van der Waals surface area contributed by atoms with Gasteiger partial charge >= 0.3 is 0 Å². The third kappa shape index (κ3) is 4.10. The highest BCUT2D eigenvalue weighted by atomic mass is 16.5. The molecule has 2 aromatic carbocycles. The molecule has 1 fully saturated rings. The molecule has 2 N–H and O–H groups in total. The SMILES string of the molecule is COc1cc(CNC(=O)C2CCN(c3ccccc3C)CC2)ccc1O. The highest BCUT2D eigenvalue weighted by Gasteiger charge is 2.25. The van der Waals surface area contributed by atoms with Crippen molar-refractivity contribution >= 4 is 11.6 Å². The topological polar surface area (TPSA) is 61.8 Å². The zero-order chi connectivity index (χ0) is 18.5. The minimum Gasteiger partial charge on any atom is -0.504 e. The summed E-state index contributed by atoms with van der Waals surface area (Å²) in [5.74, 6) is 0.671. The average Bonchev–Trinajstić information content (AvgIpc) is 2.67. The standard InChI is InChI=1S/C21H26N2O3/c1-15-5-3-4-6-18(15)23-11-9-17(10-12-23)21(25)22-14-16-7-8-19(24)20(13-16)26-2/h3-8,13,17,24H,9-12,14H2,1-2H3,(H,22,25). The molecule has 0 aromatic heterocycles. The van der Waals surface area contributed by atoms with Gasteiger partial charge in [-0.1, -0.05) is 24.3 Å². The van der Waals surface area contributed by atoms with Crippen molar-refractivity contribution in [3.63, 3.8) is 0 Å². The molecule has 5 nitrogen and oxygen atoms in total. The van der Waals surface area contributed by atoms with Crippen LogP contribution in [0.15, 0.2) is 42.5 Å². The molecule has 0 radical (unpaired) electrons. The van der Waals surface area contributed by atoms with Gasteiger partial charge in [-0.25, -0.2) is 0 Å². The first-order chi connectivity index (χ1) is 12.6. The third-order valence-electron chi connectivity index (χ3n) is 5.03. The van der Waals surface area contributed by atoms with Gasteiger partial charge in [0.05, 0.1) is 7.11 Å². The number of carbonyl (C=O) groups is 1. The Bertz CT molecular complexity index is 768. The molecule has 1 heterocycles. The van der Waals surface area contributed by atoms with E-state index in [1.165, 1.54) is 18.4 Å². The molecule has 0 bridgehead atoms. The van der Waals surface area contributed by atoms with Crippen LogP contribution in [0.5, 0.6) is 11.5 Å². The number of para-hydroxylation sites is 1. The van der Waals surface area contributed by atoms with Crippen LogP contribution >= 0.6 is 0 Å². The second-order valence-corrected chi connectivity index (χ2v) is 6.77. The van der Waals surface area contributed by atoms with Crippen LogP contribution in [0.2, 0.25) is 0 Å². The van der Waals surface area contributed by atoms with Crippen molar-refractivity contribution in [3.05, 3.63) is 53.6 Å². The van der Waals surface area contributed by atoms with Gasteiger partial charge in [0.25, 0.3) is 0 Å². The van der Waals surface area contributed by atoms with Gasteiger partial charge in [-0.2, -0.15) is 0 Å². The second-order valence-electron chi connectivity index (χ2n) is 6.77. The van der Waals surface area contributed by atoms with Crippen LogP contribution < -0.4 is 15.0 Å². The quantitative estimate of drug-likeness (QED) is 0.865. The number of phenolic OH excluding ortho intramolecular Hbond substituents is 1. The molecule has 0 spiro atoms. The Morgan fingerprint density at radius 2 is 1.96 bits per heavy atom. The van der Waals surface area contributed by atoms with E-state index in [2.05, 4.69) is 41.4 Å². The number of hydrogen-bond donors (Lipinski definition) is 2. The van der Waals surface area contributed by atoms with Crippen molar-refractivity contribution in [2.45, 2.75) is 26.3 Å². The first-order valence-corrected chi connectivity index (χ1v) is 9.02. The lowest BCUT2D eigenvalue weighted by Gasteiger charge is -2.34. The normalized spacial score (nSPS) is 14.9. The molecule has 1 aliphatic rings. The maximum absolute atomic E-state index is 12.5. The van der Waals surface area contributed by atoms with Gasteiger partial charge < -0.3 is 20.1 Å². The van der Waals surface area contributed by atoms with E-state index in [4.69, 9.17) is 4.74 Å². The number of hydrogen-bond acceptors (Lipinski definition) is 4. The molecule has 0 unspecified atom stereocenters. The number of rotatable bonds is 5. The molecule has 26 heavy (non-hydrogen) atoms. The van der Waals surface area contributed by atoms with E-state index in [1.807, 2.05) is 0 Å². The molecular weight excluding hydrogens is 328 g/mol. The van der Waals surface area contributed by atoms with E-state index in [0.717, 1.165) is 31.5 Å². The van der Waals surface area contributed by atoms with E-state index in [9.17, 15) is 9.90 Å². The van der Waals surface area contributed by atoms with Crippen LogP contribution in [0.4, 0.5) is 5.69 Å². The zero-order valence-corrected chi connectivity index (χ0v) is 15.4. The van der Waals surface area contributed by atoms with Crippen LogP contribution in [0, 0.1) is 12.8 Å². The van der Waals surface area contributed by atoms with Crippen LogP contribution in [-0.2, 0) is 11.3 Å². The summed E-state index contributed by atoms with van der Waals surface area (Å²) in [5.41, 5.74) is 3.45. The fraction of sp³-hybridized carbons (Fsp3) is 0.381. The fourth-order valence-corrected chi connectivity index (χ4v) is 3.47. The molecule has 1 saturated heterocycles. The average molecular weight is 354 g/mol. The predicted octanol–water partition coefficient (Wildman–Crippen LogP) is 3.24. The van der Waals surface area contributed by atoms with Crippen molar-refractivity contribution in [2.75, 3.05) is 25.1 Å². The number of amides is 1. The van der Waals surface area contributed by atoms with Crippen molar-refractivity contribution in [1.82, 2.24) is 5.32 Å². The molecule has 5 heteroatoms. The Morgan fingerprint density at radius 1 is 1.23 bits per heavy atom. The van der Waals surface area contributed by atoms with Crippen molar-refractivity contribution < 1.29 is 14.6 Å². The summed E-state index contributed by atoms with van der Waals surface area (Å²) in [6, 6.07) is 13.5. The first-order valence-electron chi connectivity index (χ1n) is 9.02. The summed E-state index contributed by atoms with van der Waals surface area (Å²) in [5, 5.41) is 12.6. The van der Waals surface area contributed by atoms with Crippen molar-refractivity contribution in [1.29, 1.82) is 0 Å². The molecule has 3 rings (SSSR count). The summed E-state index contributed by atoms with van der Waals surface area (Å²) in [4.78, 5) is 14.9. The predicted molar refractivity (Wildman–Crippen MR) is 103 cm³/mol. The molecular formula is C21H26N2O3. The Labute approximate surface area is 154 Å². The Kier molecular flexibility index (Phi) is 5.66. The maximum atomic E-state index is 12.5. The zero-order valence-electron chi connectivity index (χ0n) is 15.4. The number of anilines is 1. The van der Waals surface area contributed by atoms with Gasteiger partial charge in [-0.3, -0.25) is 4.79 Å². The highest BCUT2D eigenvalue weighted by Crippen LogP contribution is 2.27. The van der Waals surface area contributed by atoms with Gasteiger partial charge in [0.2, 0.25) is 5.91 Å². The van der Waals surface area contributed by atoms with Gasteiger partial charge in [0, 0.05) is 31.2 Å². The summed E-state index contributed by atoms with van der Waals surface area (Å²) in [6.45, 7) is 4.36. The number of aryl methyl sites for hydroxylation is 1. The molecule has 138 valence electrons. The number of piperidine rings is 1. The van der Waals surface area contributed by atoms with Crippen LogP contribution in [-0.4, -0.2) is 31.2 Å². The fourth-order valence-electron chi connectivity index (χ4n) is 3.47. The Hall–Kier alpha value is -2.69. The number of benzene rings is 2. The van der Waals surface area contributed by atoms with E-state index < -0.39 is 0 Å². The van der Waals surface area contributed by atoms with Crippen molar-refractivity contribution in [3.8, 4) is 11.5 Å². The molecule has 1 amide bonds. The number of nitrogens with one attached hydrogen (secondary N) is 1. The number of methoxy groups -OCH3 is 1. The first kappa shape index (κ1) is 18.1. The van der Waals surface area contributed by atoms with Gasteiger partial charge in [0.1, 0.15) is 0 Å².